The molecule has 1 rings (SSSR count). The van der Waals surface area contributed by atoms with Crippen molar-refractivity contribution in [2.24, 2.45) is 0 Å². The van der Waals surface area contributed by atoms with E-state index in [0.29, 0.717) is 0 Å². The Morgan fingerprint density at radius 2 is 1.95 bits per heavy atom. The fraction of sp³-hybridized carbons (Fsp3) is 0.444. The van der Waals surface area contributed by atoms with E-state index in [1.807, 2.05) is 6.92 Å². The summed E-state index contributed by atoms with van der Waals surface area (Å²) in [6, 6.07) is 11.6. The summed E-state index contributed by atoms with van der Waals surface area (Å²) in [5, 5.41) is 1.33. The number of rotatable bonds is 6. The predicted octanol–water partition coefficient (Wildman–Crippen LogP) is 4.06. The first-order valence-electron chi connectivity index (χ1n) is 7.10. The Morgan fingerprint density at radius 3 is 2.50 bits per heavy atom. The number of benzene rings is 1. The molecular formula is C18H25OSi. The monoisotopic (exact) mass is 285 g/mol. The highest BCUT2D eigenvalue weighted by molar-refractivity contribution is 6.68. The molecular weight excluding hydrogens is 260 g/mol. The summed E-state index contributed by atoms with van der Waals surface area (Å²) in [6.45, 7) is 10.4. The number of hydrogen-bond donors (Lipinski definition) is 0. The average molecular weight is 285 g/mol. The fourth-order valence-corrected chi connectivity index (χ4v) is 4.26. The topological polar surface area (TPSA) is 9.23 Å². The van der Waals surface area contributed by atoms with E-state index in [4.69, 9.17) is 4.43 Å². The average Bonchev–Trinajstić information content (AvgIpc) is 2.45. The molecule has 20 heavy (non-hydrogen) atoms. The molecule has 107 valence electrons. The van der Waals surface area contributed by atoms with Crippen molar-refractivity contribution >= 4 is 14.2 Å². The van der Waals surface area contributed by atoms with Gasteiger partial charge in [-0.15, -0.1) is 11.8 Å². The highest BCUT2D eigenvalue weighted by Gasteiger charge is 2.26. The summed E-state index contributed by atoms with van der Waals surface area (Å²) in [5.74, 6) is 6.10. The Morgan fingerprint density at radius 1 is 1.30 bits per heavy atom. The van der Waals surface area contributed by atoms with Gasteiger partial charge in [-0.25, -0.2) is 0 Å². The summed E-state index contributed by atoms with van der Waals surface area (Å²) in [6.07, 6.45) is 2.95. The lowest BCUT2D eigenvalue weighted by Gasteiger charge is -2.29. The third-order valence-electron chi connectivity index (χ3n) is 3.12. The molecule has 1 aromatic carbocycles. The van der Waals surface area contributed by atoms with Gasteiger partial charge in [0.25, 0.3) is 9.04 Å². The molecule has 1 radical (unpaired) electrons. The minimum atomic E-state index is -1.06. The molecule has 1 nitrogen and oxygen atoms in total. The van der Waals surface area contributed by atoms with Gasteiger partial charge in [0.1, 0.15) is 0 Å². The smallest absolute Gasteiger partial charge is 0.251 e. The molecule has 0 fully saturated rings. The van der Waals surface area contributed by atoms with Crippen molar-refractivity contribution in [1.29, 1.82) is 0 Å². The van der Waals surface area contributed by atoms with Crippen molar-refractivity contribution < 1.29 is 4.43 Å². The normalized spacial score (nSPS) is 12.2. The first kappa shape index (κ1) is 16.8. The third-order valence-corrected chi connectivity index (χ3v) is 5.77. The molecule has 0 bridgehead atoms. The van der Waals surface area contributed by atoms with Crippen molar-refractivity contribution in [3.05, 3.63) is 42.0 Å². The van der Waals surface area contributed by atoms with E-state index in [0.717, 1.165) is 12.5 Å². The predicted molar refractivity (Wildman–Crippen MR) is 89.3 cm³/mol. The summed E-state index contributed by atoms with van der Waals surface area (Å²) in [5.41, 5.74) is 1.20. The quantitative estimate of drug-likeness (QED) is 0.435. The van der Waals surface area contributed by atoms with E-state index < -0.39 is 9.04 Å². The van der Waals surface area contributed by atoms with Crippen LogP contribution in [0.5, 0.6) is 0 Å². The molecule has 0 aliphatic carbocycles. The Labute approximate surface area is 125 Å². The maximum atomic E-state index is 6.46. The molecule has 0 saturated heterocycles. The Bertz CT molecular complexity index is 491. The van der Waals surface area contributed by atoms with Gasteiger partial charge in [-0.3, -0.25) is 0 Å². The standard InChI is InChI=1S/C18H25OSi/c1-6-8-14-18(4,5)19-20(15-16(3)7-2)17-12-10-9-11-13-17/h7,9-13H,14-15H2,1-5H3/b16-7+. The van der Waals surface area contributed by atoms with E-state index in [1.54, 1.807) is 0 Å². The third kappa shape index (κ3) is 5.77. The Hall–Kier alpha value is -1.30. The number of hydrogen-bond acceptors (Lipinski definition) is 1. The van der Waals surface area contributed by atoms with Crippen LogP contribution in [-0.4, -0.2) is 14.6 Å². The van der Waals surface area contributed by atoms with E-state index in [9.17, 15) is 0 Å². The largest absolute Gasteiger partial charge is 0.406 e. The maximum absolute atomic E-state index is 6.46. The van der Waals surface area contributed by atoms with Gasteiger partial charge < -0.3 is 4.43 Å². The first-order valence-corrected chi connectivity index (χ1v) is 8.71. The lowest BCUT2D eigenvalue weighted by molar-refractivity contribution is 0.116. The van der Waals surface area contributed by atoms with Gasteiger partial charge in [0.2, 0.25) is 0 Å². The van der Waals surface area contributed by atoms with E-state index in [-0.39, 0.29) is 5.60 Å². The second kappa shape index (κ2) is 8.09. The highest BCUT2D eigenvalue weighted by Crippen LogP contribution is 2.18. The number of allylic oxidation sites excluding steroid dienone is 2. The molecule has 0 unspecified atom stereocenters. The highest BCUT2D eigenvalue weighted by atomic mass is 28.3. The molecule has 0 spiro atoms. The molecule has 2 heteroatoms. The molecule has 0 saturated carbocycles. The van der Waals surface area contributed by atoms with Crippen molar-refractivity contribution in [2.75, 3.05) is 0 Å². The SMILES string of the molecule is CC#CCC(C)(C)O[Si](C/C(C)=C/C)c1ccccc1. The molecule has 0 amide bonds. The van der Waals surface area contributed by atoms with Gasteiger partial charge in [-0.1, -0.05) is 42.0 Å². The van der Waals surface area contributed by atoms with Crippen LogP contribution in [0.25, 0.3) is 0 Å². The zero-order valence-corrected chi connectivity index (χ0v) is 14.3. The molecule has 0 aromatic heterocycles. The van der Waals surface area contributed by atoms with Crippen LogP contribution in [0.1, 0.15) is 41.0 Å². The minimum Gasteiger partial charge on any atom is -0.406 e. The van der Waals surface area contributed by atoms with Crippen LogP contribution < -0.4 is 5.19 Å². The van der Waals surface area contributed by atoms with Crippen LogP contribution in [-0.2, 0) is 4.43 Å². The first-order chi connectivity index (χ1) is 9.48. The van der Waals surface area contributed by atoms with Gasteiger partial charge in [-0.2, -0.15) is 0 Å². The van der Waals surface area contributed by atoms with Gasteiger partial charge in [0.15, 0.2) is 0 Å². The summed E-state index contributed by atoms with van der Waals surface area (Å²) >= 11 is 0. The summed E-state index contributed by atoms with van der Waals surface area (Å²) < 4.78 is 6.46. The lowest BCUT2D eigenvalue weighted by Crippen LogP contribution is -2.41. The fourth-order valence-electron chi connectivity index (χ4n) is 1.85. The van der Waals surface area contributed by atoms with Gasteiger partial charge in [0.05, 0.1) is 5.60 Å². The van der Waals surface area contributed by atoms with Crippen LogP contribution in [0.15, 0.2) is 42.0 Å². The molecule has 1 aromatic rings. The van der Waals surface area contributed by atoms with Gasteiger partial charge in [0, 0.05) is 6.42 Å². The van der Waals surface area contributed by atoms with Crippen LogP contribution in [0, 0.1) is 11.8 Å². The maximum Gasteiger partial charge on any atom is 0.251 e. The molecule has 0 aliphatic rings. The molecule has 0 heterocycles. The Balaban J connectivity index is 2.90. The summed E-state index contributed by atoms with van der Waals surface area (Å²) in [7, 11) is -1.06. The van der Waals surface area contributed by atoms with Crippen molar-refractivity contribution in [2.45, 2.75) is 52.7 Å². The second-order valence-electron chi connectivity index (χ2n) is 5.57. The summed E-state index contributed by atoms with van der Waals surface area (Å²) in [4.78, 5) is 0. The van der Waals surface area contributed by atoms with E-state index in [1.165, 1.54) is 10.8 Å². The van der Waals surface area contributed by atoms with Crippen LogP contribution in [0.4, 0.5) is 0 Å². The minimum absolute atomic E-state index is 0.193. The van der Waals surface area contributed by atoms with Crippen molar-refractivity contribution in [3.63, 3.8) is 0 Å². The van der Waals surface area contributed by atoms with Crippen molar-refractivity contribution in [1.82, 2.24) is 0 Å². The molecule has 0 aliphatic heterocycles. The zero-order valence-electron chi connectivity index (χ0n) is 13.3. The van der Waals surface area contributed by atoms with Crippen LogP contribution in [0.3, 0.4) is 0 Å². The zero-order chi connectivity index (χ0) is 15.0. The van der Waals surface area contributed by atoms with Gasteiger partial charge in [-0.05, 0) is 45.8 Å². The lowest BCUT2D eigenvalue weighted by atomic mass is 10.1. The van der Waals surface area contributed by atoms with Gasteiger partial charge >= 0.3 is 0 Å². The molecule has 0 atom stereocenters. The van der Waals surface area contributed by atoms with Crippen LogP contribution >= 0.6 is 0 Å². The van der Waals surface area contributed by atoms with E-state index >= 15 is 0 Å². The second-order valence-corrected chi connectivity index (χ2v) is 7.55. The molecule has 0 N–H and O–H groups in total. The van der Waals surface area contributed by atoms with Crippen molar-refractivity contribution in [3.8, 4) is 11.8 Å². The van der Waals surface area contributed by atoms with Crippen LogP contribution in [0.2, 0.25) is 6.04 Å². The van der Waals surface area contributed by atoms with E-state index in [2.05, 4.69) is 75.9 Å². The Kier molecular flexibility index (Phi) is 6.77.